The minimum Gasteiger partial charge on any atom is -0.352 e. The molecule has 0 aliphatic heterocycles. The monoisotopic (exact) mass is 345 g/mol. The van der Waals surface area contributed by atoms with Crippen LogP contribution in [0.15, 0.2) is 58.4 Å². The first kappa shape index (κ1) is 18.0. The number of rotatable bonds is 5. The number of sulfone groups is 1. The molecule has 0 saturated heterocycles. The van der Waals surface area contributed by atoms with Crippen LogP contribution in [0, 0.1) is 6.92 Å². The summed E-state index contributed by atoms with van der Waals surface area (Å²) >= 11 is 0. The molecule has 5 nitrogen and oxygen atoms in total. The number of hydrogen-bond acceptors (Lipinski definition) is 3. The molecule has 0 amide bonds. The van der Waals surface area contributed by atoms with Crippen molar-refractivity contribution in [1.82, 2.24) is 10.6 Å². The van der Waals surface area contributed by atoms with Crippen molar-refractivity contribution in [3.8, 4) is 0 Å². The Labute approximate surface area is 143 Å². The van der Waals surface area contributed by atoms with Crippen molar-refractivity contribution >= 4 is 15.8 Å². The molecule has 0 atom stereocenters. The lowest BCUT2D eigenvalue weighted by molar-refractivity contribution is 0.602. The number of hydrogen-bond donors (Lipinski definition) is 2. The number of nitrogens with zero attached hydrogens (tertiary/aromatic N) is 1. The first-order valence-corrected chi connectivity index (χ1v) is 9.56. The molecule has 6 heteroatoms. The van der Waals surface area contributed by atoms with Crippen LogP contribution in [0.2, 0.25) is 0 Å². The van der Waals surface area contributed by atoms with Gasteiger partial charge in [0.2, 0.25) is 0 Å². The van der Waals surface area contributed by atoms with Crippen molar-refractivity contribution in [2.45, 2.75) is 24.9 Å². The first-order chi connectivity index (χ1) is 11.4. The van der Waals surface area contributed by atoms with Crippen LogP contribution < -0.4 is 10.6 Å². The summed E-state index contributed by atoms with van der Waals surface area (Å²) < 4.78 is 22.9. The molecule has 128 valence electrons. The summed E-state index contributed by atoms with van der Waals surface area (Å²) in [5.41, 5.74) is 3.40. The van der Waals surface area contributed by atoms with Crippen molar-refractivity contribution in [1.29, 1.82) is 0 Å². The van der Waals surface area contributed by atoms with E-state index in [0.29, 0.717) is 23.9 Å². The summed E-state index contributed by atoms with van der Waals surface area (Å²) in [5, 5.41) is 6.48. The highest BCUT2D eigenvalue weighted by atomic mass is 32.2. The molecule has 0 saturated carbocycles. The molecule has 2 rings (SSSR count). The SMILES string of the molecule is CN=C(NCc1ccc(S(C)(=O)=O)cc1)NCc1cccc(C)c1. The zero-order chi connectivity index (χ0) is 17.6. The Bertz CT molecular complexity index is 812. The molecule has 0 unspecified atom stereocenters. The van der Waals surface area contributed by atoms with E-state index in [-0.39, 0.29) is 0 Å². The van der Waals surface area contributed by atoms with Gasteiger partial charge in [-0.2, -0.15) is 0 Å². The maximum atomic E-state index is 11.5. The maximum Gasteiger partial charge on any atom is 0.191 e. The fourth-order valence-electron chi connectivity index (χ4n) is 2.27. The largest absolute Gasteiger partial charge is 0.352 e. The molecule has 0 spiro atoms. The number of aryl methyl sites for hydroxylation is 1. The third kappa shape index (κ3) is 5.38. The van der Waals surface area contributed by atoms with Crippen LogP contribution in [0.4, 0.5) is 0 Å². The summed E-state index contributed by atoms with van der Waals surface area (Å²) in [5.74, 6) is 0.698. The van der Waals surface area contributed by atoms with Crippen LogP contribution in [-0.4, -0.2) is 27.7 Å². The van der Waals surface area contributed by atoms with Crippen molar-refractivity contribution in [3.63, 3.8) is 0 Å². The van der Waals surface area contributed by atoms with Gasteiger partial charge in [0.25, 0.3) is 0 Å². The normalized spacial score (nSPS) is 12.0. The number of aliphatic imine (C=N–C) groups is 1. The Balaban J connectivity index is 1.89. The number of nitrogens with one attached hydrogen (secondary N) is 2. The molecule has 0 aliphatic carbocycles. The molecule has 0 bridgehead atoms. The molecule has 2 N–H and O–H groups in total. The van der Waals surface area contributed by atoms with E-state index < -0.39 is 9.84 Å². The quantitative estimate of drug-likeness (QED) is 0.644. The zero-order valence-corrected chi connectivity index (χ0v) is 15.0. The van der Waals surface area contributed by atoms with Gasteiger partial charge in [-0.05, 0) is 30.2 Å². The van der Waals surface area contributed by atoms with E-state index in [1.165, 1.54) is 17.4 Å². The Kier molecular flexibility index (Phi) is 5.98. The van der Waals surface area contributed by atoms with Gasteiger partial charge in [-0.3, -0.25) is 4.99 Å². The molecule has 2 aromatic carbocycles. The van der Waals surface area contributed by atoms with Crippen molar-refractivity contribution < 1.29 is 8.42 Å². The second-order valence-corrected chi connectivity index (χ2v) is 7.70. The molecule has 0 aliphatic rings. The van der Waals surface area contributed by atoms with Gasteiger partial charge in [-0.25, -0.2) is 8.42 Å². The Hall–Kier alpha value is -2.34. The Morgan fingerprint density at radius 3 is 2.17 bits per heavy atom. The second kappa shape index (κ2) is 7.97. The standard InChI is InChI=1S/C18H23N3O2S/c1-14-5-4-6-16(11-14)13-21-18(19-2)20-12-15-7-9-17(10-8-15)24(3,22)23/h4-11H,12-13H2,1-3H3,(H2,19,20,21). The van der Waals surface area contributed by atoms with Gasteiger partial charge >= 0.3 is 0 Å². The van der Waals surface area contributed by atoms with E-state index in [2.05, 4.69) is 40.7 Å². The Morgan fingerprint density at radius 2 is 1.62 bits per heavy atom. The van der Waals surface area contributed by atoms with Gasteiger partial charge in [-0.15, -0.1) is 0 Å². The zero-order valence-electron chi connectivity index (χ0n) is 14.2. The predicted octanol–water partition coefficient (Wildman–Crippen LogP) is 2.26. The van der Waals surface area contributed by atoms with Crippen molar-refractivity contribution in [3.05, 3.63) is 65.2 Å². The van der Waals surface area contributed by atoms with Crippen molar-refractivity contribution in [2.75, 3.05) is 13.3 Å². The Morgan fingerprint density at radius 1 is 1.00 bits per heavy atom. The first-order valence-electron chi connectivity index (χ1n) is 7.67. The molecule has 0 fully saturated rings. The van der Waals surface area contributed by atoms with Crippen LogP contribution in [-0.2, 0) is 22.9 Å². The smallest absolute Gasteiger partial charge is 0.191 e. The average Bonchev–Trinajstić information content (AvgIpc) is 2.55. The summed E-state index contributed by atoms with van der Waals surface area (Å²) in [6, 6.07) is 15.1. The van der Waals surface area contributed by atoms with Crippen LogP contribution in [0.1, 0.15) is 16.7 Å². The third-order valence-electron chi connectivity index (χ3n) is 3.58. The van der Waals surface area contributed by atoms with Gasteiger partial charge in [0.15, 0.2) is 15.8 Å². The molecule has 24 heavy (non-hydrogen) atoms. The van der Waals surface area contributed by atoms with Crippen LogP contribution in [0.3, 0.4) is 0 Å². The highest BCUT2D eigenvalue weighted by molar-refractivity contribution is 7.90. The van der Waals surface area contributed by atoms with Gasteiger partial charge in [0.1, 0.15) is 0 Å². The third-order valence-corrected chi connectivity index (χ3v) is 4.71. The highest BCUT2D eigenvalue weighted by Crippen LogP contribution is 2.10. The van der Waals surface area contributed by atoms with Gasteiger partial charge in [0.05, 0.1) is 4.90 Å². The van der Waals surface area contributed by atoms with Gasteiger partial charge in [-0.1, -0.05) is 42.0 Å². The topological polar surface area (TPSA) is 70.6 Å². The lowest BCUT2D eigenvalue weighted by Crippen LogP contribution is -2.36. The molecule has 0 heterocycles. The summed E-state index contributed by atoms with van der Waals surface area (Å²) in [6.07, 6.45) is 1.21. The minimum absolute atomic E-state index is 0.327. The van der Waals surface area contributed by atoms with E-state index >= 15 is 0 Å². The highest BCUT2D eigenvalue weighted by Gasteiger charge is 2.06. The van der Waals surface area contributed by atoms with E-state index in [1.54, 1.807) is 31.3 Å². The molecule has 0 radical (unpaired) electrons. The predicted molar refractivity (Wildman–Crippen MR) is 97.8 cm³/mol. The fraction of sp³-hybridized carbons (Fsp3) is 0.278. The summed E-state index contributed by atoms with van der Waals surface area (Å²) in [7, 11) is -1.43. The molecule has 0 aromatic heterocycles. The van der Waals surface area contributed by atoms with E-state index in [9.17, 15) is 8.42 Å². The molecule has 2 aromatic rings. The van der Waals surface area contributed by atoms with E-state index in [0.717, 1.165) is 5.56 Å². The fourth-order valence-corrected chi connectivity index (χ4v) is 2.90. The van der Waals surface area contributed by atoms with Crippen LogP contribution in [0.5, 0.6) is 0 Å². The summed E-state index contributed by atoms with van der Waals surface area (Å²) in [4.78, 5) is 4.52. The lowest BCUT2D eigenvalue weighted by Gasteiger charge is -2.12. The average molecular weight is 345 g/mol. The van der Waals surface area contributed by atoms with Crippen molar-refractivity contribution in [2.24, 2.45) is 4.99 Å². The minimum atomic E-state index is -3.15. The van der Waals surface area contributed by atoms with Gasteiger partial charge in [0, 0.05) is 26.4 Å². The summed E-state index contributed by atoms with van der Waals surface area (Å²) in [6.45, 7) is 3.32. The maximum absolute atomic E-state index is 11.5. The molecular weight excluding hydrogens is 322 g/mol. The number of guanidine groups is 1. The van der Waals surface area contributed by atoms with Gasteiger partial charge < -0.3 is 10.6 Å². The second-order valence-electron chi connectivity index (χ2n) is 5.68. The van der Waals surface area contributed by atoms with E-state index in [4.69, 9.17) is 0 Å². The van der Waals surface area contributed by atoms with Crippen LogP contribution in [0.25, 0.3) is 0 Å². The van der Waals surface area contributed by atoms with E-state index in [1.807, 2.05) is 6.07 Å². The lowest BCUT2D eigenvalue weighted by atomic mass is 10.1. The van der Waals surface area contributed by atoms with Crippen LogP contribution >= 0.6 is 0 Å². The molecular formula is C18H23N3O2S. The number of benzene rings is 2.